The quantitative estimate of drug-likeness (QED) is 0.0345. The first-order valence-electron chi connectivity index (χ1n) is 21.8. The van der Waals surface area contributed by atoms with Gasteiger partial charge in [-0.05, 0) is 55.2 Å². The SMILES string of the molecule is CCOC(=O)C(NC(=O)[C@@H](Cc1c[nH]c2ccccc12)NC(=O)OCc1ccccc1)C(=O)N1CCC[C@H]1C(=O)N[C@@H](C(=O)N[C@@H](CC(C)C)C(=O)OCC(=O)c1ccccc1)C(C)C. The summed E-state index contributed by atoms with van der Waals surface area (Å²) in [6.45, 7) is 7.91. The second-order valence-electron chi connectivity index (χ2n) is 16.5. The number of aromatic nitrogens is 1. The first kappa shape index (κ1) is 49.0. The fraction of sp³-hybridized carbons (Fsp3) is 0.417. The zero-order valence-corrected chi connectivity index (χ0v) is 37.3. The van der Waals surface area contributed by atoms with E-state index in [0.29, 0.717) is 23.1 Å². The first-order valence-corrected chi connectivity index (χ1v) is 21.8. The lowest BCUT2D eigenvalue weighted by molar-refractivity contribution is -0.155. The molecule has 0 saturated carbocycles. The molecule has 2 heterocycles. The van der Waals surface area contributed by atoms with E-state index in [1.807, 2.05) is 44.2 Å². The number of amides is 5. The fourth-order valence-electron chi connectivity index (χ4n) is 7.47. The van der Waals surface area contributed by atoms with Gasteiger partial charge in [0.15, 0.2) is 12.4 Å². The molecule has 4 aromatic rings. The monoisotopic (exact) mass is 894 g/mol. The number of benzene rings is 3. The number of ketones is 1. The third-order valence-electron chi connectivity index (χ3n) is 10.8. The van der Waals surface area contributed by atoms with E-state index in [2.05, 4.69) is 26.3 Å². The third kappa shape index (κ3) is 13.7. The van der Waals surface area contributed by atoms with E-state index in [-0.39, 0.29) is 44.9 Å². The Morgan fingerprint density at radius 1 is 0.738 bits per heavy atom. The van der Waals surface area contributed by atoms with E-state index in [1.54, 1.807) is 74.6 Å². The van der Waals surface area contributed by atoms with Crippen LogP contribution in [-0.2, 0) is 56.0 Å². The number of hydrogen-bond donors (Lipinski definition) is 5. The molecule has 65 heavy (non-hydrogen) atoms. The van der Waals surface area contributed by atoms with Crippen LogP contribution < -0.4 is 21.3 Å². The van der Waals surface area contributed by atoms with Crippen molar-refractivity contribution in [1.82, 2.24) is 31.2 Å². The minimum atomic E-state index is -1.91. The summed E-state index contributed by atoms with van der Waals surface area (Å²) in [5.41, 5.74) is 2.52. The number of carbonyl (C=O) groups is 8. The zero-order chi connectivity index (χ0) is 47.0. The van der Waals surface area contributed by atoms with E-state index in [9.17, 15) is 38.4 Å². The number of Topliss-reactive ketones (excluding diaryl/α,β-unsaturated/α-hetero) is 1. The highest BCUT2D eigenvalue weighted by atomic mass is 16.6. The number of fused-ring (bicyclic) bond motifs is 1. The van der Waals surface area contributed by atoms with Crippen LogP contribution in [0.5, 0.6) is 0 Å². The van der Waals surface area contributed by atoms with Crippen molar-refractivity contribution in [2.75, 3.05) is 19.8 Å². The fourth-order valence-corrected chi connectivity index (χ4v) is 7.47. The van der Waals surface area contributed by atoms with Crippen LogP contribution in [0.4, 0.5) is 4.79 Å². The number of likely N-dealkylation sites (tertiary alicyclic amines) is 1. The van der Waals surface area contributed by atoms with Crippen LogP contribution in [0.3, 0.4) is 0 Å². The van der Waals surface area contributed by atoms with Gasteiger partial charge in [0, 0.05) is 35.6 Å². The van der Waals surface area contributed by atoms with Gasteiger partial charge < -0.3 is 45.4 Å². The van der Waals surface area contributed by atoms with Gasteiger partial charge in [0.05, 0.1) is 6.61 Å². The highest BCUT2D eigenvalue weighted by molar-refractivity contribution is 6.07. The molecule has 5 N–H and O–H groups in total. The predicted octanol–water partition coefficient (Wildman–Crippen LogP) is 4.14. The lowest BCUT2D eigenvalue weighted by atomic mass is 10.00. The van der Waals surface area contributed by atoms with Crippen molar-refractivity contribution < 1.29 is 52.6 Å². The van der Waals surface area contributed by atoms with Gasteiger partial charge in [0.1, 0.15) is 30.8 Å². The molecule has 1 unspecified atom stereocenters. The molecule has 5 rings (SSSR count). The Balaban J connectivity index is 1.29. The van der Waals surface area contributed by atoms with E-state index in [4.69, 9.17) is 14.2 Å². The summed E-state index contributed by atoms with van der Waals surface area (Å²) in [6, 6.07) is 17.9. The molecule has 1 saturated heterocycles. The predicted molar refractivity (Wildman–Crippen MR) is 239 cm³/mol. The van der Waals surface area contributed by atoms with Crippen molar-refractivity contribution >= 4 is 58.3 Å². The Morgan fingerprint density at radius 3 is 2.09 bits per heavy atom. The Hall–Kier alpha value is -7.04. The van der Waals surface area contributed by atoms with Crippen molar-refractivity contribution in [3.63, 3.8) is 0 Å². The summed E-state index contributed by atoms with van der Waals surface area (Å²) >= 11 is 0. The number of esters is 2. The number of H-pyrrole nitrogens is 1. The highest BCUT2D eigenvalue weighted by Crippen LogP contribution is 2.22. The van der Waals surface area contributed by atoms with Gasteiger partial charge in [0.25, 0.3) is 5.91 Å². The number of alkyl carbamates (subject to hydrolysis) is 1. The summed E-state index contributed by atoms with van der Waals surface area (Å²) in [6.07, 6.45) is 1.42. The molecule has 17 heteroatoms. The molecule has 1 aliphatic rings. The second-order valence-corrected chi connectivity index (χ2v) is 16.5. The van der Waals surface area contributed by atoms with Crippen LogP contribution in [-0.4, -0.2) is 107 Å². The molecule has 0 radical (unpaired) electrons. The maximum Gasteiger partial charge on any atom is 0.408 e. The summed E-state index contributed by atoms with van der Waals surface area (Å²) < 4.78 is 16.0. The molecule has 1 aliphatic heterocycles. The smallest absolute Gasteiger partial charge is 0.408 e. The molecule has 1 aromatic heterocycles. The van der Waals surface area contributed by atoms with E-state index >= 15 is 0 Å². The van der Waals surface area contributed by atoms with Crippen molar-refractivity contribution in [2.45, 2.75) is 97.1 Å². The number of aromatic amines is 1. The van der Waals surface area contributed by atoms with Gasteiger partial charge in [-0.15, -0.1) is 0 Å². The number of nitrogens with zero attached hydrogens (tertiary/aromatic N) is 1. The van der Waals surface area contributed by atoms with E-state index in [1.165, 1.54) is 6.92 Å². The standard InChI is InChI=1S/C48H58N6O11/c1-6-63-47(61)41(53-42(56)36(25-33-26-49-35-21-14-13-20-34(33)35)51-48(62)65-27-31-16-9-7-10-17-31)45(59)54-23-15-22-38(54)43(57)52-40(30(4)5)44(58)50-37(24-29(2)3)46(60)64-28-39(55)32-18-11-8-12-19-32/h7-14,16-21,26,29-30,36-38,40-41,49H,6,15,22-25,27-28H2,1-5H3,(H,50,58)(H,51,62)(H,52,57)(H,53,56)/t36-,37+,38+,40-,41?/m1/s1. The maximum absolute atomic E-state index is 14.3. The second kappa shape index (κ2) is 23.6. The number of nitrogens with one attached hydrogen (secondary N) is 5. The molecule has 1 fully saturated rings. The molecule has 346 valence electrons. The molecule has 5 amide bonds. The average molecular weight is 895 g/mol. The summed E-state index contributed by atoms with van der Waals surface area (Å²) in [7, 11) is 0. The summed E-state index contributed by atoms with van der Waals surface area (Å²) in [5, 5.41) is 11.3. The topological polar surface area (TPSA) is 231 Å². The lowest BCUT2D eigenvalue weighted by Crippen LogP contribution is -2.61. The van der Waals surface area contributed by atoms with Crippen molar-refractivity contribution in [1.29, 1.82) is 0 Å². The molecular formula is C48H58N6O11. The van der Waals surface area contributed by atoms with Crippen molar-refractivity contribution in [3.8, 4) is 0 Å². The molecular weight excluding hydrogens is 837 g/mol. The zero-order valence-electron chi connectivity index (χ0n) is 37.3. The minimum absolute atomic E-state index is 0.0358. The first-order chi connectivity index (χ1) is 31.2. The van der Waals surface area contributed by atoms with E-state index < -0.39 is 90.2 Å². The van der Waals surface area contributed by atoms with Gasteiger partial charge in [-0.3, -0.25) is 24.0 Å². The molecule has 0 aliphatic carbocycles. The average Bonchev–Trinajstić information content (AvgIpc) is 3.96. The Labute approximate surface area is 377 Å². The van der Waals surface area contributed by atoms with Crippen LogP contribution in [0, 0.1) is 11.8 Å². The number of carbonyl (C=O) groups excluding carboxylic acids is 8. The lowest BCUT2D eigenvalue weighted by Gasteiger charge is -2.31. The third-order valence-corrected chi connectivity index (χ3v) is 10.8. The van der Waals surface area contributed by atoms with Crippen molar-refractivity contribution in [3.05, 3.63) is 108 Å². The van der Waals surface area contributed by atoms with Gasteiger partial charge in [-0.1, -0.05) is 107 Å². The van der Waals surface area contributed by atoms with Gasteiger partial charge in [-0.25, -0.2) is 14.4 Å². The highest BCUT2D eigenvalue weighted by Gasteiger charge is 2.43. The van der Waals surface area contributed by atoms with Gasteiger partial charge in [0.2, 0.25) is 23.8 Å². The van der Waals surface area contributed by atoms with Crippen LogP contribution in [0.2, 0.25) is 0 Å². The maximum atomic E-state index is 14.3. The molecule has 17 nitrogen and oxygen atoms in total. The number of para-hydroxylation sites is 1. The Kier molecular flexibility index (Phi) is 17.8. The number of rotatable bonds is 21. The number of hydrogen-bond acceptors (Lipinski definition) is 11. The molecule has 0 bridgehead atoms. The van der Waals surface area contributed by atoms with Crippen LogP contribution in [0.25, 0.3) is 10.9 Å². The van der Waals surface area contributed by atoms with Crippen LogP contribution in [0.1, 0.15) is 75.4 Å². The van der Waals surface area contributed by atoms with E-state index in [0.717, 1.165) is 15.8 Å². The Bertz CT molecular complexity index is 2300. The Morgan fingerprint density at radius 2 is 1.42 bits per heavy atom. The normalized spacial score (nSPS) is 15.3. The summed E-state index contributed by atoms with van der Waals surface area (Å²) in [4.78, 5) is 113. The minimum Gasteiger partial charge on any atom is -0.464 e. The molecule has 3 aromatic carbocycles. The van der Waals surface area contributed by atoms with Crippen LogP contribution >= 0.6 is 0 Å². The summed E-state index contributed by atoms with van der Waals surface area (Å²) in [5.74, 6) is -6.07. The van der Waals surface area contributed by atoms with Crippen molar-refractivity contribution in [2.24, 2.45) is 11.8 Å². The molecule has 5 atom stereocenters. The number of ether oxygens (including phenoxy) is 3. The molecule has 0 spiro atoms. The largest absolute Gasteiger partial charge is 0.464 e. The van der Waals surface area contributed by atoms with Crippen LogP contribution in [0.15, 0.2) is 91.1 Å². The van der Waals surface area contributed by atoms with Gasteiger partial charge >= 0.3 is 18.0 Å². The van der Waals surface area contributed by atoms with Gasteiger partial charge in [-0.2, -0.15) is 0 Å².